The second-order valence-corrected chi connectivity index (χ2v) is 7.37. The Labute approximate surface area is 170 Å². The van der Waals surface area contributed by atoms with E-state index in [-0.39, 0.29) is 11.8 Å². The molecule has 2 aromatic carbocycles. The lowest BCUT2D eigenvalue weighted by molar-refractivity contribution is -0.121. The molecule has 5 nitrogen and oxygen atoms in total. The van der Waals surface area contributed by atoms with Crippen molar-refractivity contribution in [3.8, 4) is 5.75 Å². The largest absolute Gasteiger partial charge is 0.494 e. The molecule has 1 fully saturated rings. The van der Waals surface area contributed by atoms with Crippen molar-refractivity contribution in [2.24, 2.45) is 0 Å². The summed E-state index contributed by atoms with van der Waals surface area (Å²) in [4.78, 5) is 25.8. The molecule has 0 bridgehead atoms. The van der Waals surface area contributed by atoms with E-state index in [1.165, 1.54) is 0 Å². The Bertz CT molecular complexity index is 853. The summed E-state index contributed by atoms with van der Waals surface area (Å²) in [7, 11) is 0. The predicted molar refractivity (Wildman–Crippen MR) is 111 cm³/mol. The zero-order valence-electron chi connectivity index (χ0n) is 16.0. The maximum absolute atomic E-state index is 12.1. The molecule has 0 saturated carbocycles. The number of anilines is 1. The van der Waals surface area contributed by atoms with Crippen molar-refractivity contribution in [2.45, 2.75) is 39.2 Å². The van der Waals surface area contributed by atoms with Crippen LogP contribution in [0, 0.1) is 6.92 Å². The quantitative estimate of drug-likeness (QED) is 0.674. The number of hydrogen-bond acceptors (Lipinski definition) is 3. The van der Waals surface area contributed by atoms with Gasteiger partial charge in [0.1, 0.15) is 5.75 Å². The zero-order valence-corrected chi connectivity index (χ0v) is 16.8. The molecule has 1 heterocycles. The van der Waals surface area contributed by atoms with E-state index in [4.69, 9.17) is 16.3 Å². The topological polar surface area (TPSA) is 58.6 Å². The summed E-state index contributed by atoms with van der Waals surface area (Å²) in [6, 6.07) is 13.3. The van der Waals surface area contributed by atoms with Gasteiger partial charge in [0, 0.05) is 36.6 Å². The summed E-state index contributed by atoms with van der Waals surface area (Å²) in [5.74, 6) is 0.909. The number of benzene rings is 2. The number of nitrogens with one attached hydrogen (secondary N) is 1. The van der Waals surface area contributed by atoms with E-state index in [0.717, 1.165) is 35.5 Å². The summed E-state index contributed by atoms with van der Waals surface area (Å²) < 4.78 is 5.66. The van der Waals surface area contributed by atoms with Gasteiger partial charge in [-0.2, -0.15) is 0 Å². The number of amides is 2. The molecule has 1 aliphatic heterocycles. The van der Waals surface area contributed by atoms with Gasteiger partial charge in [0.05, 0.1) is 6.61 Å². The van der Waals surface area contributed by atoms with Crippen molar-refractivity contribution in [3.05, 3.63) is 58.6 Å². The molecule has 0 unspecified atom stereocenters. The lowest BCUT2D eigenvalue weighted by Gasteiger charge is -2.16. The number of hydrogen-bond donors (Lipinski definition) is 1. The van der Waals surface area contributed by atoms with Gasteiger partial charge in [0.25, 0.3) is 0 Å². The van der Waals surface area contributed by atoms with Crippen LogP contribution in [0.3, 0.4) is 0 Å². The van der Waals surface area contributed by atoms with Crippen LogP contribution in [-0.4, -0.2) is 25.0 Å². The van der Waals surface area contributed by atoms with Gasteiger partial charge >= 0.3 is 0 Å². The lowest BCUT2D eigenvalue weighted by Crippen LogP contribution is -2.25. The number of halogens is 1. The van der Waals surface area contributed by atoms with Crippen molar-refractivity contribution in [3.63, 3.8) is 0 Å². The fraction of sp³-hybridized carbons (Fsp3) is 0.364. The van der Waals surface area contributed by atoms with Gasteiger partial charge in [-0.15, -0.1) is 0 Å². The standard InChI is InChI=1S/C22H25ClN2O3/c1-16-13-19(9-10-20(16)23)28-12-4-7-21(26)24-15-17-5-2-6-18(14-17)25-11-3-8-22(25)27/h2,5-6,9-10,13-14H,3-4,7-8,11-12,15H2,1H3,(H,24,26). The average molecular weight is 401 g/mol. The van der Waals surface area contributed by atoms with Crippen LogP contribution in [0.4, 0.5) is 5.69 Å². The molecule has 0 atom stereocenters. The molecule has 0 aromatic heterocycles. The second kappa shape index (κ2) is 9.60. The average Bonchev–Trinajstić information content (AvgIpc) is 3.12. The first-order valence-electron chi connectivity index (χ1n) is 9.58. The molecule has 1 aliphatic rings. The third-order valence-corrected chi connectivity index (χ3v) is 5.16. The zero-order chi connectivity index (χ0) is 19.9. The molecule has 0 aliphatic carbocycles. The maximum atomic E-state index is 12.1. The van der Waals surface area contributed by atoms with Crippen molar-refractivity contribution >= 4 is 29.1 Å². The van der Waals surface area contributed by atoms with Crippen LogP contribution in [0.1, 0.15) is 36.8 Å². The Morgan fingerprint density at radius 2 is 2.11 bits per heavy atom. The van der Waals surface area contributed by atoms with Crippen molar-refractivity contribution in [1.29, 1.82) is 0 Å². The highest BCUT2D eigenvalue weighted by molar-refractivity contribution is 6.31. The Morgan fingerprint density at radius 3 is 2.86 bits per heavy atom. The van der Waals surface area contributed by atoms with Crippen LogP contribution < -0.4 is 15.0 Å². The number of aryl methyl sites for hydroxylation is 1. The number of rotatable bonds is 8. The summed E-state index contributed by atoms with van der Waals surface area (Å²) >= 11 is 5.99. The minimum Gasteiger partial charge on any atom is -0.494 e. The van der Waals surface area contributed by atoms with E-state index < -0.39 is 0 Å². The number of nitrogens with zero attached hydrogens (tertiary/aromatic N) is 1. The van der Waals surface area contributed by atoms with Crippen LogP contribution >= 0.6 is 11.6 Å². The highest BCUT2D eigenvalue weighted by Gasteiger charge is 2.21. The van der Waals surface area contributed by atoms with E-state index in [2.05, 4.69) is 5.32 Å². The fourth-order valence-corrected chi connectivity index (χ4v) is 3.29. The molecule has 0 spiro atoms. The van der Waals surface area contributed by atoms with Crippen LogP contribution in [0.15, 0.2) is 42.5 Å². The van der Waals surface area contributed by atoms with Crippen LogP contribution in [0.5, 0.6) is 5.75 Å². The number of ether oxygens (including phenoxy) is 1. The van der Waals surface area contributed by atoms with E-state index >= 15 is 0 Å². The molecular weight excluding hydrogens is 376 g/mol. The number of carbonyl (C=O) groups is 2. The van der Waals surface area contributed by atoms with Crippen molar-refractivity contribution in [1.82, 2.24) is 5.32 Å². The maximum Gasteiger partial charge on any atom is 0.227 e. The van der Waals surface area contributed by atoms with E-state index in [9.17, 15) is 9.59 Å². The molecule has 3 rings (SSSR count). The van der Waals surface area contributed by atoms with Crippen LogP contribution in [-0.2, 0) is 16.1 Å². The molecule has 1 N–H and O–H groups in total. The van der Waals surface area contributed by atoms with E-state index in [1.54, 1.807) is 4.90 Å². The highest BCUT2D eigenvalue weighted by atomic mass is 35.5. The molecule has 0 radical (unpaired) electrons. The van der Waals surface area contributed by atoms with Crippen LogP contribution in [0.25, 0.3) is 0 Å². The van der Waals surface area contributed by atoms with Gasteiger partial charge in [-0.25, -0.2) is 0 Å². The Kier molecular flexibility index (Phi) is 6.93. The molecular formula is C22H25ClN2O3. The van der Waals surface area contributed by atoms with Gasteiger partial charge in [-0.1, -0.05) is 23.7 Å². The van der Waals surface area contributed by atoms with E-state index in [1.807, 2.05) is 49.4 Å². The molecule has 6 heteroatoms. The third kappa shape index (κ3) is 5.49. The third-order valence-electron chi connectivity index (χ3n) is 4.73. The first kappa shape index (κ1) is 20.2. The lowest BCUT2D eigenvalue weighted by atomic mass is 10.2. The molecule has 148 valence electrons. The number of carbonyl (C=O) groups excluding carboxylic acids is 2. The highest BCUT2D eigenvalue weighted by Crippen LogP contribution is 2.22. The first-order chi connectivity index (χ1) is 13.5. The molecule has 2 amide bonds. The van der Waals surface area contributed by atoms with Crippen molar-refractivity contribution < 1.29 is 14.3 Å². The van der Waals surface area contributed by atoms with Crippen molar-refractivity contribution in [2.75, 3.05) is 18.1 Å². The first-order valence-corrected chi connectivity index (χ1v) is 9.96. The minimum atomic E-state index is -0.0152. The van der Waals surface area contributed by atoms with E-state index in [0.29, 0.717) is 37.4 Å². The van der Waals surface area contributed by atoms with Gasteiger partial charge in [-0.05, 0) is 61.2 Å². The van der Waals surface area contributed by atoms with Crippen LogP contribution in [0.2, 0.25) is 5.02 Å². The molecule has 2 aromatic rings. The summed E-state index contributed by atoms with van der Waals surface area (Å²) in [5.41, 5.74) is 2.86. The smallest absolute Gasteiger partial charge is 0.227 e. The minimum absolute atomic E-state index is 0.0152. The Balaban J connectivity index is 1.39. The second-order valence-electron chi connectivity index (χ2n) is 6.96. The van der Waals surface area contributed by atoms with Gasteiger partial charge in [-0.3, -0.25) is 9.59 Å². The Hall–Kier alpha value is -2.53. The predicted octanol–water partition coefficient (Wildman–Crippen LogP) is 4.25. The SMILES string of the molecule is Cc1cc(OCCCC(=O)NCc2cccc(N3CCCC3=O)c2)ccc1Cl. The van der Waals surface area contributed by atoms with Gasteiger partial charge in [0.2, 0.25) is 11.8 Å². The fourth-order valence-electron chi connectivity index (χ4n) is 3.17. The summed E-state index contributed by atoms with van der Waals surface area (Å²) in [5, 5.41) is 3.64. The Morgan fingerprint density at radius 1 is 1.25 bits per heavy atom. The summed E-state index contributed by atoms with van der Waals surface area (Å²) in [6.45, 7) is 3.62. The molecule has 28 heavy (non-hydrogen) atoms. The van der Waals surface area contributed by atoms with Gasteiger partial charge in [0.15, 0.2) is 0 Å². The normalized spacial score (nSPS) is 13.6. The summed E-state index contributed by atoms with van der Waals surface area (Å²) in [6.07, 6.45) is 2.54. The van der Waals surface area contributed by atoms with Gasteiger partial charge < -0.3 is 15.0 Å². The molecule has 1 saturated heterocycles. The monoisotopic (exact) mass is 400 g/mol.